The standard InChI is InChI=1S/C25H24FN9O2/c26-20-16-28-25(31-23(20)35-10-3-12-37-13-11-35)34-33-24(36)22-8-7-19(15-27-22)30-18-5-1-4-17(14-18)21-6-2-9-29-32-21/h1-2,4-9,14-16,30H,3,10-13H2,(H,33,36)(H,28,31,34). The molecule has 3 aromatic heterocycles. The number of aromatic nitrogens is 5. The molecule has 4 heterocycles. The van der Waals surface area contributed by atoms with Gasteiger partial charge in [-0.05, 0) is 42.8 Å². The van der Waals surface area contributed by atoms with Crippen LogP contribution in [0.25, 0.3) is 11.3 Å². The summed E-state index contributed by atoms with van der Waals surface area (Å²) < 4.78 is 19.7. The first-order chi connectivity index (χ1) is 18.2. The molecule has 0 radical (unpaired) electrons. The van der Waals surface area contributed by atoms with E-state index in [9.17, 15) is 9.18 Å². The van der Waals surface area contributed by atoms with E-state index in [1.807, 2.05) is 36.4 Å². The fraction of sp³-hybridized carbons (Fsp3) is 0.200. The van der Waals surface area contributed by atoms with Gasteiger partial charge in [0.25, 0.3) is 5.91 Å². The molecule has 3 N–H and O–H groups in total. The zero-order valence-electron chi connectivity index (χ0n) is 19.8. The Bertz CT molecular complexity index is 1350. The van der Waals surface area contributed by atoms with Crippen molar-refractivity contribution in [2.45, 2.75) is 6.42 Å². The van der Waals surface area contributed by atoms with Gasteiger partial charge >= 0.3 is 0 Å². The molecule has 11 nitrogen and oxygen atoms in total. The van der Waals surface area contributed by atoms with Crippen LogP contribution in [0.4, 0.5) is 27.5 Å². The van der Waals surface area contributed by atoms with Gasteiger partial charge in [-0.15, -0.1) is 0 Å². The van der Waals surface area contributed by atoms with Crippen molar-refractivity contribution >= 4 is 29.0 Å². The minimum absolute atomic E-state index is 0.0659. The van der Waals surface area contributed by atoms with Crippen molar-refractivity contribution < 1.29 is 13.9 Å². The van der Waals surface area contributed by atoms with E-state index in [0.717, 1.165) is 29.6 Å². The molecule has 37 heavy (non-hydrogen) atoms. The zero-order chi connectivity index (χ0) is 25.5. The van der Waals surface area contributed by atoms with E-state index in [1.165, 1.54) is 0 Å². The smallest absolute Gasteiger partial charge is 0.288 e. The summed E-state index contributed by atoms with van der Waals surface area (Å²) in [4.78, 5) is 26.7. The molecule has 1 fully saturated rings. The first-order valence-electron chi connectivity index (χ1n) is 11.7. The molecular weight excluding hydrogens is 477 g/mol. The zero-order valence-corrected chi connectivity index (χ0v) is 19.8. The monoisotopic (exact) mass is 501 g/mol. The lowest BCUT2D eigenvalue weighted by atomic mass is 10.1. The van der Waals surface area contributed by atoms with Crippen molar-refractivity contribution in [2.24, 2.45) is 0 Å². The van der Waals surface area contributed by atoms with Gasteiger partial charge in [0.2, 0.25) is 5.95 Å². The number of halogens is 1. The Morgan fingerprint density at radius 3 is 2.78 bits per heavy atom. The maximum Gasteiger partial charge on any atom is 0.288 e. The third-order valence-corrected chi connectivity index (χ3v) is 5.55. The molecule has 188 valence electrons. The van der Waals surface area contributed by atoms with Crippen molar-refractivity contribution in [3.63, 3.8) is 0 Å². The number of carbonyl (C=O) groups excluding carboxylic acids is 1. The molecule has 4 aromatic rings. The Hall–Kier alpha value is -4.71. The Morgan fingerprint density at radius 1 is 1.00 bits per heavy atom. The van der Waals surface area contributed by atoms with E-state index in [-0.39, 0.29) is 17.5 Å². The molecule has 0 saturated carbocycles. The highest BCUT2D eigenvalue weighted by Gasteiger charge is 2.17. The average molecular weight is 502 g/mol. The summed E-state index contributed by atoms with van der Waals surface area (Å²) in [6.07, 6.45) is 5.02. The van der Waals surface area contributed by atoms with E-state index >= 15 is 0 Å². The average Bonchev–Trinajstić information content (AvgIpc) is 3.23. The van der Waals surface area contributed by atoms with Gasteiger partial charge in [-0.2, -0.15) is 15.2 Å². The number of benzene rings is 1. The van der Waals surface area contributed by atoms with E-state index < -0.39 is 11.7 Å². The highest BCUT2D eigenvalue weighted by atomic mass is 19.1. The maximum absolute atomic E-state index is 14.3. The number of carbonyl (C=O) groups is 1. The number of ether oxygens (including phenoxy) is 1. The maximum atomic E-state index is 14.3. The highest BCUT2D eigenvalue weighted by Crippen LogP contribution is 2.23. The van der Waals surface area contributed by atoms with E-state index in [0.29, 0.717) is 32.0 Å². The normalized spacial score (nSPS) is 13.5. The molecular formula is C25H24FN9O2. The molecule has 0 spiro atoms. The summed E-state index contributed by atoms with van der Waals surface area (Å²) in [6.45, 7) is 2.26. The van der Waals surface area contributed by atoms with Crippen molar-refractivity contribution in [1.82, 2.24) is 30.6 Å². The number of nitrogens with zero attached hydrogens (tertiary/aromatic N) is 6. The largest absolute Gasteiger partial charge is 0.380 e. The van der Waals surface area contributed by atoms with Crippen LogP contribution in [0.5, 0.6) is 0 Å². The predicted molar refractivity (Wildman–Crippen MR) is 136 cm³/mol. The summed E-state index contributed by atoms with van der Waals surface area (Å²) in [5, 5.41) is 11.3. The van der Waals surface area contributed by atoms with Gasteiger partial charge in [0.05, 0.1) is 30.4 Å². The number of hydrazine groups is 1. The number of rotatable bonds is 7. The molecule has 0 aliphatic carbocycles. The van der Waals surface area contributed by atoms with Crippen molar-refractivity contribution in [2.75, 3.05) is 41.9 Å². The Kier molecular flexibility index (Phi) is 7.36. The second-order valence-electron chi connectivity index (χ2n) is 8.14. The van der Waals surface area contributed by atoms with E-state index in [1.54, 1.807) is 29.4 Å². The molecule has 5 rings (SSSR count). The number of hydrogen-bond donors (Lipinski definition) is 3. The summed E-state index contributed by atoms with van der Waals surface area (Å²) in [6, 6.07) is 14.8. The summed E-state index contributed by atoms with van der Waals surface area (Å²) in [7, 11) is 0. The molecule has 1 aliphatic heterocycles. The quantitative estimate of drug-likeness (QED) is 0.325. The first-order valence-corrected chi connectivity index (χ1v) is 11.7. The predicted octanol–water partition coefficient (Wildman–Crippen LogP) is 3.19. The second kappa shape index (κ2) is 11.4. The van der Waals surface area contributed by atoms with Crippen molar-refractivity contribution in [3.8, 4) is 11.3 Å². The van der Waals surface area contributed by atoms with Crippen molar-refractivity contribution in [1.29, 1.82) is 0 Å². The second-order valence-corrected chi connectivity index (χ2v) is 8.14. The Morgan fingerprint density at radius 2 is 1.95 bits per heavy atom. The fourth-order valence-corrected chi connectivity index (χ4v) is 3.76. The summed E-state index contributed by atoms with van der Waals surface area (Å²) >= 11 is 0. The van der Waals surface area contributed by atoms with Gasteiger partial charge in [0, 0.05) is 37.1 Å². The summed E-state index contributed by atoms with van der Waals surface area (Å²) in [5.74, 6) is -0.801. The van der Waals surface area contributed by atoms with E-state index in [4.69, 9.17) is 4.74 Å². The van der Waals surface area contributed by atoms with Crippen LogP contribution in [0.3, 0.4) is 0 Å². The third kappa shape index (κ3) is 6.11. The summed E-state index contributed by atoms with van der Waals surface area (Å²) in [5.41, 5.74) is 8.53. The molecule has 1 aromatic carbocycles. The Balaban J connectivity index is 1.20. The van der Waals surface area contributed by atoms with Crippen LogP contribution < -0.4 is 21.1 Å². The number of anilines is 4. The van der Waals surface area contributed by atoms with Crippen LogP contribution in [0.2, 0.25) is 0 Å². The lowest BCUT2D eigenvalue weighted by Gasteiger charge is -2.21. The molecule has 1 amide bonds. The molecule has 12 heteroatoms. The minimum atomic E-state index is -0.536. The SMILES string of the molecule is O=C(NNc1ncc(F)c(N2CCCOCC2)n1)c1ccc(Nc2cccc(-c3cccnn3)c2)cn1. The lowest BCUT2D eigenvalue weighted by molar-refractivity contribution is 0.0957. The molecule has 0 unspecified atom stereocenters. The third-order valence-electron chi connectivity index (χ3n) is 5.55. The van der Waals surface area contributed by atoms with Crippen LogP contribution in [-0.2, 0) is 4.74 Å². The molecule has 0 atom stereocenters. The number of amides is 1. The van der Waals surface area contributed by atoms with Gasteiger partial charge in [-0.25, -0.2) is 14.4 Å². The van der Waals surface area contributed by atoms with Crippen LogP contribution in [-0.4, -0.2) is 57.4 Å². The van der Waals surface area contributed by atoms with Crippen molar-refractivity contribution in [3.05, 3.63) is 78.6 Å². The van der Waals surface area contributed by atoms with Gasteiger partial charge in [0.15, 0.2) is 11.6 Å². The lowest BCUT2D eigenvalue weighted by Crippen LogP contribution is -2.32. The molecule has 1 aliphatic rings. The van der Waals surface area contributed by atoms with Gasteiger partial charge in [-0.1, -0.05) is 12.1 Å². The van der Waals surface area contributed by atoms with Crippen LogP contribution >= 0.6 is 0 Å². The molecule has 1 saturated heterocycles. The number of nitrogens with one attached hydrogen (secondary N) is 3. The van der Waals surface area contributed by atoms with Gasteiger partial charge in [0.1, 0.15) is 5.69 Å². The van der Waals surface area contributed by atoms with Crippen LogP contribution in [0, 0.1) is 5.82 Å². The van der Waals surface area contributed by atoms with Gasteiger partial charge < -0.3 is 15.0 Å². The molecule has 0 bridgehead atoms. The number of hydrogen-bond acceptors (Lipinski definition) is 10. The Labute approximate surface area is 212 Å². The van der Waals surface area contributed by atoms with Crippen LogP contribution in [0.1, 0.15) is 16.9 Å². The van der Waals surface area contributed by atoms with Gasteiger partial charge in [-0.3, -0.25) is 15.6 Å². The first kappa shape index (κ1) is 24.0. The topological polar surface area (TPSA) is 130 Å². The van der Waals surface area contributed by atoms with E-state index in [2.05, 4.69) is 41.3 Å². The fourth-order valence-electron chi connectivity index (χ4n) is 3.76. The van der Waals surface area contributed by atoms with Crippen LogP contribution in [0.15, 0.2) is 67.1 Å². The number of pyridine rings is 1. The minimum Gasteiger partial charge on any atom is -0.380 e. The highest BCUT2D eigenvalue weighted by molar-refractivity contribution is 5.93.